The van der Waals surface area contributed by atoms with Gasteiger partial charge in [0.25, 0.3) is 0 Å². The molecule has 182 valence electrons. The largest absolute Gasteiger partial charge is 0.545 e. The van der Waals surface area contributed by atoms with Crippen LogP contribution in [-0.4, -0.2) is 18.2 Å². The Morgan fingerprint density at radius 1 is 0.649 bits per heavy atom. The van der Waals surface area contributed by atoms with E-state index in [-0.39, 0.29) is 5.56 Å². The summed E-state index contributed by atoms with van der Waals surface area (Å²) in [6.45, 7) is 0. The number of para-hydroxylation sites is 3. The number of aromatic carboxylic acids is 1. The van der Waals surface area contributed by atoms with Gasteiger partial charge in [0.05, 0.1) is 23.0 Å². The molecular weight excluding hydrogens is 462 g/mol. The van der Waals surface area contributed by atoms with E-state index in [0.29, 0.717) is 17.2 Å². The molecule has 3 N–H and O–H groups in total. The van der Waals surface area contributed by atoms with Crippen molar-refractivity contribution < 1.29 is 19.7 Å². The van der Waals surface area contributed by atoms with Crippen molar-refractivity contribution in [3.63, 3.8) is 0 Å². The van der Waals surface area contributed by atoms with Crippen LogP contribution in [0.25, 0.3) is 10.8 Å². The second kappa shape index (κ2) is 12.5. The molecular formula is C31H25N3O3. The van der Waals surface area contributed by atoms with Gasteiger partial charge in [-0.3, -0.25) is 4.79 Å². The second-order valence-electron chi connectivity index (χ2n) is 8.00. The van der Waals surface area contributed by atoms with E-state index >= 15 is 0 Å². The number of nitrogens with one attached hydrogen (secondary N) is 3. The fourth-order valence-electron chi connectivity index (χ4n) is 3.73. The minimum atomic E-state index is -1.27. The summed E-state index contributed by atoms with van der Waals surface area (Å²) in [6, 6.07) is 40.1. The Labute approximate surface area is 214 Å². The van der Waals surface area contributed by atoms with Gasteiger partial charge in [0.2, 0.25) is 0 Å². The average Bonchev–Trinajstić information content (AvgIpc) is 2.94. The van der Waals surface area contributed by atoms with Crippen molar-refractivity contribution in [3.8, 4) is 0 Å². The van der Waals surface area contributed by atoms with E-state index in [1.165, 1.54) is 6.07 Å². The van der Waals surface area contributed by atoms with Crippen molar-refractivity contribution in [1.82, 2.24) is 0 Å². The molecule has 5 aromatic rings. The molecule has 0 saturated carbocycles. The molecule has 0 aliphatic rings. The van der Waals surface area contributed by atoms with Crippen LogP contribution in [0.2, 0.25) is 0 Å². The number of guanidine groups is 1. The normalized spacial score (nSPS) is 9.95. The summed E-state index contributed by atoms with van der Waals surface area (Å²) in [5, 5.41) is 18.8. The quantitative estimate of drug-likeness (QED) is 0.198. The summed E-state index contributed by atoms with van der Waals surface area (Å²) in [6.07, 6.45) is 0.648. The number of rotatable bonds is 5. The van der Waals surface area contributed by atoms with Gasteiger partial charge in [0.1, 0.15) is 0 Å². The van der Waals surface area contributed by atoms with E-state index < -0.39 is 5.97 Å². The van der Waals surface area contributed by atoms with Crippen molar-refractivity contribution in [2.24, 2.45) is 0 Å². The molecule has 0 aliphatic carbocycles. The average molecular weight is 488 g/mol. The molecule has 0 fully saturated rings. The summed E-state index contributed by atoms with van der Waals surface area (Å²) in [5.74, 6) is -0.460. The number of carbonyl (C=O) groups excluding carboxylic acids is 2. The first kappa shape index (κ1) is 24.9. The Bertz CT molecular complexity index is 1450. The molecule has 0 amide bonds. The molecule has 0 radical (unpaired) electrons. The van der Waals surface area contributed by atoms with Crippen LogP contribution < -0.4 is 20.7 Å². The van der Waals surface area contributed by atoms with Crippen LogP contribution in [0.15, 0.2) is 127 Å². The number of carbonyl (C=O) groups is 2. The minimum absolute atomic E-state index is 0.0511. The molecule has 0 spiro atoms. The lowest BCUT2D eigenvalue weighted by Crippen LogP contribution is -2.70. The Morgan fingerprint density at radius 3 is 1.68 bits per heavy atom. The highest BCUT2D eigenvalue weighted by Gasteiger charge is 2.09. The zero-order valence-electron chi connectivity index (χ0n) is 19.9. The highest BCUT2D eigenvalue weighted by atomic mass is 16.4. The smallest absolute Gasteiger partial charge is 0.358 e. The standard InChI is InChI=1S/C19H17N3.C12H8O3/c1-4-10-16(11-5-1)20-19(21-17-12-6-2-7-13-17)22-18-14-8-3-9-15-18;13-7-9-5-1-3-8-4-2-6-10(11(8)9)12(14)15/h1-15H,(H2,20,21,22);1-7H,(H,14,15). The van der Waals surface area contributed by atoms with Gasteiger partial charge in [-0.05, 0) is 41.8 Å². The third-order valence-corrected chi connectivity index (χ3v) is 5.41. The van der Waals surface area contributed by atoms with E-state index in [1.54, 1.807) is 30.3 Å². The third kappa shape index (κ3) is 6.90. The number of hydrogen-bond acceptors (Lipinski definition) is 3. The summed E-state index contributed by atoms with van der Waals surface area (Å²) >= 11 is 0. The van der Waals surface area contributed by atoms with Crippen LogP contribution >= 0.6 is 0 Å². The van der Waals surface area contributed by atoms with E-state index in [0.717, 1.165) is 28.4 Å². The third-order valence-electron chi connectivity index (χ3n) is 5.41. The molecule has 6 heteroatoms. The van der Waals surface area contributed by atoms with Gasteiger partial charge in [-0.1, -0.05) is 91.0 Å². The Hall–Kier alpha value is -5.23. The summed E-state index contributed by atoms with van der Waals surface area (Å²) in [5.41, 5.74) is 3.47. The van der Waals surface area contributed by atoms with Gasteiger partial charge in [-0.2, -0.15) is 0 Å². The first-order valence-electron chi connectivity index (χ1n) is 11.7. The maximum atomic E-state index is 10.9. The van der Waals surface area contributed by atoms with Crippen LogP contribution in [0.3, 0.4) is 0 Å². The van der Waals surface area contributed by atoms with Crippen LogP contribution in [0.4, 0.5) is 17.1 Å². The second-order valence-corrected chi connectivity index (χ2v) is 8.00. The van der Waals surface area contributed by atoms with Gasteiger partial charge in [0, 0.05) is 16.5 Å². The zero-order valence-corrected chi connectivity index (χ0v) is 19.9. The highest BCUT2D eigenvalue weighted by Crippen LogP contribution is 2.21. The lowest BCUT2D eigenvalue weighted by Gasteiger charge is -2.08. The molecule has 5 rings (SSSR count). The number of anilines is 2. The fraction of sp³-hybridized carbons (Fsp3) is 0. The SMILES string of the molecule is O=Cc1cccc2cccc(C(=O)[O-])c12.c1ccc(NC(Nc2ccccc2)=[NH+]c2ccccc2)cc1. The van der Waals surface area contributed by atoms with Crippen molar-refractivity contribution in [2.75, 3.05) is 10.6 Å². The Morgan fingerprint density at radius 2 is 1.16 bits per heavy atom. The van der Waals surface area contributed by atoms with Gasteiger partial charge in [0.15, 0.2) is 6.29 Å². The van der Waals surface area contributed by atoms with Gasteiger partial charge >= 0.3 is 5.96 Å². The van der Waals surface area contributed by atoms with Gasteiger partial charge in [-0.25, -0.2) is 15.6 Å². The predicted molar refractivity (Wildman–Crippen MR) is 146 cm³/mol. The maximum Gasteiger partial charge on any atom is 0.358 e. The molecule has 0 bridgehead atoms. The van der Waals surface area contributed by atoms with E-state index in [9.17, 15) is 14.7 Å². The van der Waals surface area contributed by atoms with E-state index in [2.05, 4.69) is 15.6 Å². The maximum absolute atomic E-state index is 10.9. The first-order chi connectivity index (χ1) is 18.1. The topological polar surface area (TPSA) is 95.2 Å². The zero-order chi connectivity index (χ0) is 25.9. The lowest BCUT2D eigenvalue weighted by molar-refractivity contribution is -0.353. The molecule has 0 atom stereocenters. The molecule has 6 nitrogen and oxygen atoms in total. The monoisotopic (exact) mass is 487 g/mol. The predicted octanol–water partition coefficient (Wildman–Crippen LogP) is 3.99. The van der Waals surface area contributed by atoms with Gasteiger partial charge in [-0.15, -0.1) is 0 Å². The van der Waals surface area contributed by atoms with Crippen molar-refractivity contribution >= 4 is 46.0 Å². The number of hydrogen-bond donors (Lipinski definition) is 3. The first-order valence-corrected chi connectivity index (χ1v) is 11.7. The Kier molecular flexibility index (Phi) is 8.38. The van der Waals surface area contributed by atoms with Crippen LogP contribution in [0.1, 0.15) is 20.7 Å². The van der Waals surface area contributed by atoms with Crippen molar-refractivity contribution in [3.05, 3.63) is 139 Å². The van der Waals surface area contributed by atoms with E-state index in [1.807, 2.05) is 91.0 Å². The Balaban J connectivity index is 0.000000186. The number of carboxylic acids is 1. The molecule has 37 heavy (non-hydrogen) atoms. The molecule has 0 saturated heterocycles. The van der Waals surface area contributed by atoms with Crippen LogP contribution in [-0.2, 0) is 0 Å². The molecule has 0 unspecified atom stereocenters. The number of aldehydes is 1. The fourth-order valence-corrected chi connectivity index (χ4v) is 3.73. The molecule has 5 aromatic carbocycles. The number of carboxylic acid groups (broad SMARTS) is 1. The van der Waals surface area contributed by atoms with Crippen molar-refractivity contribution in [1.29, 1.82) is 0 Å². The molecule has 0 heterocycles. The summed E-state index contributed by atoms with van der Waals surface area (Å²) < 4.78 is 0. The van der Waals surface area contributed by atoms with Crippen molar-refractivity contribution in [2.45, 2.75) is 0 Å². The van der Waals surface area contributed by atoms with Crippen LogP contribution in [0, 0.1) is 0 Å². The number of fused-ring (bicyclic) bond motifs is 1. The number of benzene rings is 5. The summed E-state index contributed by atoms with van der Waals surface area (Å²) in [4.78, 5) is 25.0. The minimum Gasteiger partial charge on any atom is -0.545 e. The highest BCUT2D eigenvalue weighted by molar-refractivity contribution is 6.09. The summed E-state index contributed by atoms with van der Waals surface area (Å²) in [7, 11) is 0. The lowest BCUT2D eigenvalue weighted by atomic mass is 10.00. The molecule has 0 aromatic heterocycles. The molecule has 0 aliphatic heterocycles. The van der Waals surface area contributed by atoms with Gasteiger partial charge < -0.3 is 9.90 Å². The van der Waals surface area contributed by atoms with E-state index in [4.69, 9.17) is 0 Å². The van der Waals surface area contributed by atoms with Crippen LogP contribution in [0.5, 0.6) is 0 Å².